The van der Waals surface area contributed by atoms with Crippen LogP contribution in [0.15, 0.2) is 17.2 Å². The Balaban J connectivity index is 2.62. The number of aromatic nitrogens is 1. The maximum atomic E-state index is 12.2. The fourth-order valence-corrected chi connectivity index (χ4v) is 3.03. The molecular formula is C14H27N3O3S. The predicted octanol–water partition coefficient (Wildman–Crippen LogP) is 1.62. The summed E-state index contributed by atoms with van der Waals surface area (Å²) in [6, 6.07) is 1.80. The number of unbranched alkanes of at least 4 members (excludes halogenated alkanes) is 1. The van der Waals surface area contributed by atoms with Crippen LogP contribution in [0.2, 0.25) is 0 Å². The van der Waals surface area contributed by atoms with Crippen LogP contribution >= 0.6 is 0 Å². The second-order valence-corrected chi connectivity index (χ2v) is 7.00. The van der Waals surface area contributed by atoms with Crippen molar-refractivity contribution >= 4 is 10.0 Å². The molecule has 0 saturated carbocycles. The largest absolute Gasteiger partial charge is 0.380 e. The molecule has 7 heteroatoms. The minimum atomic E-state index is -3.50. The zero-order chi connectivity index (χ0) is 15.9. The van der Waals surface area contributed by atoms with Gasteiger partial charge in [0.1, 0.15) is 0 Å². The van der Waals surface area contributed by atoms with Crippen molar-refractivity contribution in [1.29, 1.82) is 0 Å². The van der Waals surface area contributed by atoms with Gasteiger partial charge in [0, 0.05) is 37.6 Å². The third-order valence-electron chi connectivity index (χ3n) is 3.16. The van der Waals surface area contributed by atoms with Crippen molar-refractivity contribution in [2.75, 3.05) is 19.8 Å². The lowest BCUT2D eigenvalue weighted by Gasteiger charge is -2.10. The van der Waals surface area contributed by atoms with Gasteiger partial charge in [-0.1, -0.05) is 13.3 Å². The van der Waals surface area contributed by atoms with Gasteiger partial charge in [0.15, 0.2) is 0 Å². The molecule has 0 fully saturated rings. The smallest absolute Gasteiger partial charge is 0.242 e. The highest BCUT2D eigenvalue weighted by Crippen LogP contribution is 2.18. The van der Waals surface area contributed by atoms with Crippen molar-refractivity contribution in [3.05, 3.63) is 18.0 Å². The number of nitrogens with two attached hydrogens (primary N) is 1. The average molecular weight is 317 g/mol. The summed E-state index contributed by atoms with van der Waals surface area (Å²) in [5, 5.41) is 0. The summed E-state index contributed by atoms with van der Waals surface area (Å²) in [5.74, 6) is 0. The number of hydrogen-bond donors (Lipinski definition) is 2. The first kappa shape index (κ1) is 18.2. The van der Waals surface area contributed by atoms with Gasteiger partial charge in [-0.3, -0.25) is 0 Å². The summed E-state index contributed by atoms with van der Waals surface area (Å²) in [4.78, 5) is 0.255. The maximum Gasteiger partial charge on any atom is 0.242 e. The number of nitrogens with zero attached hydrogens (tertiary/aromatic N) is 1. The summed E-state index contributed by atoms with van der Waals surface area (Å²) in [7, 11) is -3.50. The molecule has 0 spiro atoms. The highest BCUT2D eigenvalue weighted by Gasteiger charge is 2.18. The van der Waals surface area contributed by atoms with E-state index in [-0.39, 0.29) is 17.5 Å². The Bertz CT molecular complexity index is 524. The fraction of sp³-hybridized carbons (Fsp3) is 0.714. The summed E-state index contributed by atoms with van der Waals surface area (Å²) in [6.45, 7) is 7.70. The lowest BCUT2D eigenvalue weighted by molar-refractivity contribution is 0.136. The van der Waals surface area contributed by atoms with Crippen LogP contribution in [0.3, 0.4) is 0 Å². The summed E-state index contributed by atoms with van der Waals surface area (Å²) < 4.78 is 34.2. The SMILES string of the molecule is CCCCOCCNS(=O)(=O)c1cc(CN)n(C(C)C)c1. The summed E-state index contributed by atoms with van der Waals surface area (Å²) >= 11 is 0. The zero-order valence-electron chi connectivity index (χ0n) is 13.1. The molecule has 6 nitrogen and oxygen atoms in total. The minimum Gasteiger partial charge on any atom is -0.380 e. The second-order valence-electron chi connectivity index (χ2n) is 5.24. The number of sulfonamides is 1. The van der Waals surface area contributed by atoms with Crippen molar-refractivity contribution < 1.29 is 13.2 Å². The molecule has 3 N–H and O–H groups in total. The van der Waals surface area contributed by atoms with E-state index >= 15 is 0 Å². The normalized spacial score (nSPS) is 12.2. The molecule has 0 saturated heterocycles. The molecule has 0 radical (unpaired) electrons. The number of hydrogen-bond acceptors (Lipinski definition) is 4. The molecule has 1 aromatic heterocycles. The van der Waals surface area contributed by atoms with E-state index in [9.17, 15) is 8.42 Å². The second kappa shape index (κ2) is 8.53. The molecule has 0 aliphatic heterocycles. The molecule has 0 unspecified atom stereocenters. The number of nitrogens with one attached hydrogen (secondary N) is 1. The molecule has 1 heterocycles. The molecule has 1 rings (SSSR count). The molecule has 0 bridgehead atoms. The van der Waals surface area contributed by atoms with Gasteiger partial charge in [-0.05, 0) is 26.3 Å². The Kier molecular flexibility index (Phi) is 7.37. The van der Waals surface area contributed by atoms with Crippen LogP contribution in [0.25, 0.3) is 0 Å². The average Bonchev–Trinajstić information content (AvgIpc) is 2.88. The highest BCUT2D eigenvalue weighted by molar-refractivity contribution is 7.89. The first-order chi connectivity index (χ1) is 9.92. The van der Waals surface area contributed by atoms with E-state index in [1.165, 1.54) is 0 Å². The van der Waals surface area contributed by atoms with E-state index in [4.69, 9.17) is 10.5 Å². The summed E-state index contributed by atoms with van der Waals surface area (Å²) in [5.41, 5.74) is 6.47. The lowest BCUT2D eigenvalue weighted by Crippen LogP contribution is -2.27. The molecule has 0 atom stereocenters. The first-order valence-corrected chi connectivity index (χ1v) is 8.89. The molecule has 0 aliphatic rings. The van der Waals surface area contributed by atoms with Gasteiger partial charge in [0.25, 0.3) is 0 Å². The zero-order valence-corrected chi connectivity index (χ0v) is 13.9. The molecule has 0 aliphatic carbocycles. The van der Waals surface area contributed by atoms with E-state index in [0.717, 1.165) is 18.5 Å². The first-order valence-electron chi connectivity index (χ1n) is 7.40. The monoisotopic (exact) mass is 317 g/mol. The van der Waals surface area contributed by atoms with E-state index in [0.29, 0.717) is 19.8 Å². The Morgan fingerprint density at radius 1 is 1.38 bits per heavy atom. The standard InChI is InChI=1S/C14H27N3O3S/c1-4-5-7-20-8-6-16-21(18,19)14-9-13(10-15)17(11-14)12(2)3/h9,11-12,16H,4-8,10,15H2,1-3H3. The molecule has 1 aromatic rings. The van der Waals surface area contributed by atoms with Crippen LogP contribution in [-0.4, -0.2) is 32.7 Å². The third-order valence-corrected chi connectivity index (χ3v) is 4.59. The van der Waals surface area contributed by atoms with Crippen LogP contribution in [0, 0.1) is 0 Å². The van der Waals surface area contributed by atoms with Gasteiger partial charge in [-0.25, -0.2) is 13.1 Å². The van der Waals surface area contributed by atoms with E-state index < -0.39 is 10.0 Å². The van der Waals surface area contributed by atoms with Gasteiger partial charge in [0.2, 0.25) is 10.0 Å². The lowest BCUT2D eigenvalue weighted by atomic mass is 10.3. The molecule has 21 heavy (non-hydrogen) atoms. The van der Waals surface area contributed by atoms with Crippen LogP contribution in [0.1, 0.15) is 45.3 Å². The van der Waals surface area contributed by atoms with Crippen LogP contribution in [-0.2, 0) is 21.3 Å². The molecule has 0 aromatic carbocycles. The van der Waals surface area contributed by atoms with Crippen LogP contribution < -0.4 is 10.5 Å². The molecular weight excluding hydrogens is 290 g/mol. The summed E-state index contributed by atoms with van der Waals surface area (Å²) in [6.07, 6.45) is 3.69. The highest BCUT2D eigenvalue weighted by atomic mass is 32.2. The van der Waals surface area contributed by atoms with Crippen molar-refractivity contribution in [2.45, 2.75) is 51.1 Å². The van der Waals surface area contributed by atoms with Crippen LogP contribution in [0.5, 0.6) is 0 Å². The number of ether oxygens (including phenoxy) is 1. The Hall–Kier alpha value is -0.890. The maximum absolute atomic E-state index is 12.2. The predicted molar refractivity (Wildman–Crippen MR) is 83.6 cm³/mol. The van der Waals surface area contributed by atoms with E-state index in [1.807, 2.05) is 18.4 Å². The van der Waals surface area contributed by atoms with E-state index in [1.54, 1.807) is 12.3 Å². The Morgan fingerprint density at radius 3 is 2.62 bits per heavy atom. The molecule has 122 valence electrons. The minimum absolute atomic E-state index is 0.171. The topological polar surface area (TPSA) is 86.3 Å². The van der Waals surface area contributed by atoms with Crippen molar-refractivity contribution in [1.82, 2.24) is 9.29 Å². The van der Waals surface area contributed by atoms with Crippen molar-refractivity contribution in [3.8, 4) is 0 Å². The Morgan fingerprint density at radius 2 is 2.10 bits per heavy atom. The van der Waals surface area contributed by atoms with E-state index in [2.05, 4.69) is 11.6 Å². The van der Waals surface area contributed by atoms with Crippen LogP contribution in [0.4, 0.5) is 0 Å². The number of rotatable bonds is 10. The fourth-order valence-electron chi connectivity index (χ4n) is 1.97. The van der Waals surface area contributed by atoms with Gasteiger partial charge >= 0.3 is 0 Å². The Labute approximate surface area is 127 Å². The quantitative estimate of drug-likeness (QED) is 0.642. The van der Waals surface area contributed by atoms with Gasteiger partial charge in [-0.15, -0.1) is 0 Å². The van der Waals surface area contributed by atoms with Crippen molar-refractivity contribution in [2.24, 2.45) is 5.73 Å². The van der Waals surface area contributed by atoms with Crippen molar-refractivity contribution in [3.63, 3.8) is 0 Å². The van der Waals surface area contributed by atoms with Gasteiger partial charge in [-0.2, -0.15) is 0 Å². The van der Waals surface area contributed by atoms with Gasteiger partial charge < -0.3 is 15.0 Å². The molecule has 0 amide bonds. The third kappa shape index (κ3) is 5.43. The van der Waals surface area contributed by atoms with Gasteiger partial charge in [0.05, 0.1) is 11.5 Å².